The number of hydrogen-bond donors (Lipinski definition) is 2. The third-order valence-electron chi connectivity index (χ3n) is 3.47. The summed E-state index contributed by atoms with van der Waals surface area (Å²) in [5.74, 6) is 0.915. The average molecular weight is 218 g/mol. The summed E-state index contributed by atoms with van der Waals surface area (Å²) >= 11 is 0. The van der Waals surface area contributed by atoms with Gasteiger partial charge in [-0.15, -0.1) is 0 Å². The van der Waals surface area contributed by atoms with Crippen LogP contribution in [0.5, 0.6) is 0 Å². The summed E-state index contributed by atoms with van der Waals surface area (Å²) in [5.41, 5.74) is 2.63. The molecule has 0 unspecified atom stereocenters. The quantitative estimate of drug-likeness (QED) is 0.812. The van der Waals surface area contributed by atoms with Crippen LogP contribution in [0.15, 0.2) is 24.3 Å². The molecular formula is C14H22N2. The molecule has 0 radical (unpaired) electrons. The number of benzene rings is 1. The Hall–Kier alpha value is -1.02. The van der Waals surface area contributed by atoms with Gasteiger partial charge in [0.15, 0.2) is 0 Å². The van der Waals surface area contributed by atoms with Crippen LogP contribution < -0.4 is 10.6 Å². The first-order valence-electron chi connectivity index (χ1n) is 6.36. The van der Waals surface area contributed by atoms with Crippen LogP contribution >= 0.6 is 0 Å². The Morgan fingerprint density at radius 2 is 2.00 bits per heavy atom. The molecular weight excluding hydrogens is 196 g/mol. The van der Waals surface area contributed by atoms with E-state index in [1.807, 2.05) is 0 Å². The van der Waals surface area contributed by atoms with Gasteiger partial charge in [0.1, 0.15) is 0 Å². The molecule has 1 heterocycles. The van der Waals surface area contributed by atoms with Crippen molar-refractivity contribution in [2.24, 2.45) is 5.92 Å². The van der Waals surface area contributed by atoms with Gasteiger partial charge in [-0.3, -0.25) is 0 Å². The molecule has 1 fully saturated rings. The van der Waals surface area contributed by atoms with E-state index in [0.717, 1.165) is 12.5 Å². The van der Waals surface area contributed by atoms with Crippen molar-refractivity contribution in [1.82, 2.24) is 5.32 Å². The zero-order valence-corrected chi connectivity index (χ0v) is 10.1. The first-order chi connectivity index (χ1) is 7.86. The summed E-state index contributed by atoms with van der Waals surface area (Å²) in [6.45, 7) is 5.67. The topological polar surface area (TPSA) is 24.1 Å². The van der Waals surface area contributed by atoms with Gasteiger partial charge in [-0.1, -0.05) is 18.2 Å². The highest BCUT2D eigenvalue weighted by atomic mass is 14.9. The van der Waals surface area contributed by atoms with E-state index in [1.54, 1.807) is 0 Å². The Labute approximate surface area is 98.4 Å². The minimum Gasteiger partial charge on any atom is -0.385 e. The molecule has 0 spiro atoms. The van der Waals surface area contributed by atoms with Crippen LogP contribution in [0.25, 0.3) is 0 Å². The number of nitrogens with one attached hydrogen (secondary N) is 2. The molecule has 1 saturated heterocycles. The molecule has 1 aliphatic heterocycles. The van der Waals surface area contributed by atoms with Crippen LogP contribution in [0.2, 0.25) is 0 Å². The lowest BCUT2D eigenvalue weighted by molar-refractivity contribution is 0.361. The smallest absolute Gasteiger partial charge is 0.0369 e. The third-order valence-corrected chi connectivity index (χ3v) is 3.47. The number of rotatable bonds is 4. The van der Waals surface area contributed by atoms with Gasteiger partial charge in [-0.05, 0) is 56.8 Å². The van der Waals surface area contributed by atoms with Crippen LogP contribution in [0.3, 0.4) is 0 Å². The number of anilines is 1. The maximum atomic E-state index is 3.54. The Kier molecular flexibility index (Phi) is 4.23. The van der Waals surface area contributed by atoms with E-state index in [0.29, 0.717) is 0 Å². The first kappa shape index (κ1) is 11.5. The maximum Gasteiger partial charge on any atom is 0.0369 e. The molecule has 0 atom stereocenters. The van der Waals surface area contributed by atoms with E-state index in [2.05, 4.69) is 41.8 Å². The molecule has 0 aromatic heterocycles. The summed E-state index contributed by atoms with van der Waals surface area (Å²) in [4.78, 5) is 0. The van der Waals surface area contributed by atoms with E-state index in [1.165, 1.54) is 43.6 Å². The highest BCUT2D eigenvalue weighted by Gasteiger charge is 2.12. The predicted octanol–water partition coefficient (Wildman–Crippen LogP) is 2.80. The minimum atomic E-state index is 0.915. The molecule has 1 aromatic rings. The molecule has 2 N–H and O–H groups in total. The van der Waals surface area contributed by atoms with E-state index in [4.69, 9.17) is 0 Å². The zero-order valence-electron chi connectivity index (χ0n) is 10.1. The highest BCUT2D eigenvalue weighted by Crippen LogP contribution is 2.17. The first-order valence-corrected chi connectivity index (χ1v) is 6.36. The minimum absolute atomic E-state index is 0.915. The van der Waals surface area contributed by atoms with Crippen molar-refractivity contribution in [2.45, 2.75) is 26.2 Å². The molecule has 0 saturated carbocycles. The third kappa shape index (κ3) is 3.24. The molecule has 16 heavy (non-hydrogen) atoms. The molecule has 2 heteroatoms. The second kappa shape index (κ2) is 5.90. The van der Waals surface area contributed by atoms with Crippen LogP contribution in [-0.2, 0) is 0 Å². The van der Waals surface area contributed by atoms with E-state index < -0.39 is 0 Å². The average Bonchev–Trinajstić information content (AvgIpc) is 2.33. The molecule has 2 nitrogen and oxygen atoms in total. The summed E-state index contributed by atoms with van der Waals surface area (Å²) < 4.78 is 0. The number of aryl methyl sites for hydroxylation is 1. The van der Waals surface area contributed by atoms with E-state index >= 15 is 0 Å². The van der Waals surface area contributed by atoms with Crippen molar-refractivity contribution in [3.8, 4) is 0 Å². The van der Waals surface area contributed by atoms with Crippen molar-refractivity contribution in [2.75, 3.05) is 25.0 Å². The summed E-state index contributed by atoms with van der Waals surface area (Å²) in [6, 6.07) is 8.51. The number of para-hydroxylation sites is 1. The van der Waals surface area contributed by atoms with Gasteiger partial charge in [0, 0.05) is 12.2 Å². The van der Waals surface area contributed by atoms with Crippen molar-refractivity contribution in [3.05, 3.63) is 29.8 Å². The second-order valence-corrected chi connectivity index (χ2v) is 4.72. The Morgan fingerprint density at radius 3 is 2.75 bits per heavy atom. The summed E-state index contributed by atoms with van der Waals surface area (Å²) in [6.07, 6.45) is 3.99. The Morgan fingerprint density at radius 1 is 1.25 bits per heavy atom. The van der Waals surface area contributed by atoms with E-state index in [9.17, 15) is 0 Å². The SMILES string of the molecule is Cc1ccccc1NCCC1CCNCC1. The van der Waals surface area contributed by atoms with Gasteiger partial charge in [-0.2, -0.15) is 0 Å². The van der Waals surface area contributed by atoms with Gasteiger partial charge in [0.25, 0.3) is 0 Å². The van der Waals surface area contributed by atoms with Crippen molar-refractivity contribution < 1.29 is 0 Å². The van der Waals surface area contributed by atoms with Crippen LogP contribution in [0.1, 0.15) is 24.8 Å². The fourth-order valence-corrected chi connectivity index (χ4v) is 2.35. The molecule has 0 bridgehead atoms. The second-order valence-electron chi connectivity index (χ2n) is 4.72. The Bertz CT molecular complexity index is 316. The summed E-state index contributed by atoms with van der Waals surface area (Å²) in [5, 5.41) is 6.95. The molecule has 0 aliphatic carbocycles. The van der Waals surface area contributed by atoms with Gasteiger partial charge >= 0.3 is 0 Å². The summed E-state index contributed by atoms with van der Waals surface area (Å²) in [7, 11) is 0. The van der Waals surface area contributed by atoms with Gasteiger partial charge in [-0.25, -0.2) is 0 Å². The molecule has 2 rings (SSSR count). The standard InChI is InChI=1S/C14H22N2/c1-12-4-2-3-5-14(12)16-11-8-13-6-9-15-10-7-13/h2-5,13,15-16H,6-11H2,1H3. The fourth-order valence-electron chi connectivity index (χ4n) is 2.35. The lowest BCUT2D eigenvalue weighted by Gasteiger charge is -2.22. The van der Waals surface area contributed by atoms with Gasteiger partial charge < -0.3 is 10.6 Å². The van der Waals surface area contributed by atoms with Gasteiger partial charge in [0.05, 0.1) is 0 Å². The lowest BCUT2D eigenvalue weighted by atomic mass is 9.95. The lowest BCUT2D eigenvalue weighted by Crippen LogP contribution is -2.28. The normalized spacial score (nSPS) is 17.3. The van der Waals surface area contributed by atoms with Crippen LogP contribution in [0, 0.1) is 12.8 Å². The van der Waals surface area contributed by atoms with Crippen LogP contribution in [0.4, 0.5) is 5.69 Å². The zero-order chi connectivity index (χ0) is 11.2. The van der Waals surface area contributed by atoms with E-state index in [-0.39, 0.29) is 0 Å². The largest absolute Gasteiger partial charge is 0.385 e. The van der Waals surface area contributed by atoms with Crippen molar-refractivity contribution in [3.63, 3.8) is 0 Å². The molecule has 1 aromatic carbocycles. The molecule has 1 aliphatic rings. The molecule has 0 amide bonds. The number of hydrogen-bond acceptors (Lipinski definition) is 2. The van der Waals surface area contributed by atoms with Crippen molar-refractivity contribution in [1.29, 1.82) is 0 Å². The van der Waals surface area contributed by atoms with Crippen LogP contribution in [-0.4, -0.2) is 19.6 Å². The fraction of sp³-hybridized carbons (Fsp3) is 0.571. The Balaban J connectivity index is 1.73. The van der Waals surface area contributed by atoms with Gasteiger partial charge in [0.2, 0.25) is 0 Å². The number of piperidine rings is 1. The highest BCUT2D eigenvalue weighted by molar-refractivity contribution is 5.50. The van der Waals surface area contributed by atoms with Crippen molar-refractivity contribution >= 4 is 5.69 Å². The maximum absolute atomic E-state index is 3.54. The predicted molar refractivity (Wildman–Crippen MR) is 69.9 cm³/mol. The molecule has 88 valence electrons. The monoisotopic (exact) mass is 218 g/mol.